The summed E-state index contributed by atoms with van der Waals surface area (Å²) in [6.45, 7) is 2.32. The first-order chi connectivity index (χ1) is 11.9. The van der Waals surface area contributed by atoms with Gasteiger partial charge in [-0.25, -0.2) is 13.1 Å². The zero-order chi connectivity index (χ0) is 18.3. The molecule has 0 aromatic heterocycles. The summed E-state index contributed by atoms with van der Waals surface area (Å²) in [7, 11) is -3.82. The smallest absolute Gasteiger partial charge is 0.270 e. The van der Waals surface area contributed by atoms with Gasteiger partial charge in [-0.1, -0.05) is 31.5 Å². The third kappa shape index (κ3) is 5.54. The van der Waals surface area contributed by atoms with Gasteiger partial charge in [-0.05, 0) is 30.2 Å². The molecule has 7 nitrogen and oxygen atoms in total. The maximum Gasteiger partial charge on any atom is 0.270 e. The number of nitrogens with zero attached hydrogens (tertiary/aromatic N) is 1. The second-order valence-electron chi connectivity index (χ2n) is 5.39. The van der Waals surface area contributed by atoms with E-state index in [-0.39, 0.29) is 23.7 Å². The minimum Gasteiger partial charge on any atom is -0.492 e. The molecule has 0 saturated carbocycles. The monoisotopic (exact) mass is 364 g/mol. The lowest BCUT2D eigenvalue weighted by Crippen LogP contribution is -2.28. The topological polar surface area (TPSA) is 98.5 Å². The zero-order valence-electron chi connectivity index (χ0n) is 13.8. The Morgan fingerprint density at radius 2 is 1.88 bits per heavy atom. The summed E-state index contributed by atoms with van der Waals surface area (Å²) < 4.78 is 32.2. The SMILES string of the molecule is CCCc1ccc(OCCNS(=O)(=O)c2cccc([N+](=O)[O-])c2)cc1. The van der Waals surface area contributed by atoms with Gasteiger partial charge in [0.15, 0.2) is 0 Å². The van der Waals surface area contributed by atoms with Crippen LogP contribution in [0.2, 0.25) is 0 Å². The number of aryl methyl sites for hydroxylation is 1. The quantitative estimate of drug-likeness (QED) is 0.419. The lowest BCUT2D eigenvalue weighted by atomic mass is 10.1. The summed E-state index contributed by atoms with van der Waals surface area (Å²) in [6.07, 6.45) is 2.07. The average Bonchev–Trinajstić information content (AvgIpc) is 2.60. The summed E-state index contributed by atoms with van der Waals surface area (Å²) in [4.78, 5) is 9.95. The minimum absolute atomic E-state index is 0.0573. The average molecular weight is 364 g/mol. The van der Waals surface area contributed by atoms with Crippen molar-refractivity contribution in [1.29, 1.82) is 0 Å². The van der Waals surface area contributed by atoms with Crippen molar-refractivity contribution in [2.75, 3.05) is 13.2 Å². The predicted molar refractivity (Wildman–Crippen MR) is 94.2 cm³/mol. The first kappa shape index (κ1) is 18.9. The number of rotatable bonds is 9. The molecular formula is C17H20N2O5S. The summed E-state index contributed by atoms with van der Waals surface area (Å²) in [5.41, 5.74) is 0.951. The maximum atomic E-state index is 12.1. The van der Waals surface area contributed by atoms with Crippen molar-refractivity contribution in [3.8, 4) is 5.75 Å². The number of benzene rings is 2. The fourth-order valence-electron chi connectivity index (χ4n) is 2.23. The van der Waals surface area contributed by atoms with Crippen LogP contribution in [0, 0.1) is 10.1 Å². The second-order valence-corrected chi connectivity index (χ2v) is 7.16. The molecule has 2 aromatic carbocycles. The number of hydrogen-bond acceptors (Lipinski definition) is 5. The summed E-state index contributed by atoms with van der Waals surface area (Å²) >= 11 is 0. The Balaban J connectivity index is 1.88. The van der Waals surface area contributed by atoms with Crippen molar-refractivity contribution in [1.82, 2.24) is 4.72 Å². The number of non-ortho nitro benzene ring substituents is 1. The molecule has 134 valence electrons. The van der Waals surface area contributed by atoms with Crippen LogP contribution in [0.3, 0.4) is 0 Å². The van der Waals surface area contributed by atoms with Gasteiger partial charge >= 0.3 is 0 Å². The first-order valence-electron chi connectivity index (χ1n) is 7.88. The van der Waals surface area contributed by atoms with Crippen LogP contribution in [-0.4, -0.2) is 26.5 Å². The number of nitrogens with one attached hydrogen (secondary N) is 1. The van der Waals surface area contributed by atoms with Gasteiger partial charge in [-0.15, -0.1) is 0 Å². The predicted octanol–water partition coefficient (Wildman–Crippen LogP) is 2.90. The standard InChI is InChI=1S/C17H20N2O5S/c1-2-4-14-7-9-16(10-8-14)24-12-11-18-25(22,23)17-6-3-5-15(13-17)19(20)21/h3,5-10,13,18H,2,4,11-12H2,1H3. The summed E-state index contributed by atoms with van der Waals surface area (Å²) in [6, 6.07) is 12.6. The van der Waals surface area contributed by atoms with E-state index in [1.165, 1.54) is 23.8 Å². The Labute approximate surface area is 146 Å². The maximum absolute atomic E-state index is 12.1. The first-order valence-corrected chi connectivity index (χ1v) is 9.36. The van der Waals surface area contributed by atoms with Crippen molar-refractivity contribution in [3.63, 3.8) is 0 Å². The molecule has 0 unspecified atom stereocenters. The molecule has 0 aliphatic rings. The third-order valence-corrected chi connectivity index (χ3v) is 4.92. The molecule has 0 fully saturated rings. The molecule has 2 aromatic rings. The van der Waals surface area contributed by atoms with Gasteiger partial charge in [-0.3, -0.25) is 10.1 Å². The highest BCUT2D eigenvalue weighted by atomic mass is 32.2. The minimum atomic E-state index is -3.82. The Morgan fingerprint density at radius 3 is 2.52 bits per heavy atom. The zero-order valence-corrected chi connectivity index (χ0v) is 14.7. The highest BCUT2D eigenvalue weighted by Crippen LogP contribution is 2.17. The van der Waals surface area contributed by atoms with E-state index in [4.69, 9.17) is 4.74 Å². The van der Waals surface area contributed by atoms with Crippen molar-refractivity contribution in [3.05, 3.63) is 64.2 Å². The van der Waals surface area contributed by atoms with Gasteiger partial charge in [0.1, 0.15) is 12.4 Å². The summed E-state index contributed by atoms with van der Waals surface area (Å²) in [5.74, 6) is 0.661. The number of nitro groups is 1. The van der Waals surface area contributed by atoms with E-state index in [0.29, 0.717) is 5.75 Å². The van der Waals surface area contributed by atoms with Gasteiger partial charge in [0, 0.05) is 18.7 Å². The normalized spacial score (nSPS) is 11.2. The fraction of sp³-hybridized carbons (Fsp3) is 0.294. The number of ether oxygens (including phenoxy) is 1. The largest absolute Gasteiger partial charge is 0.492 e. The van der Waals surface area contributed by atoms with Gasteiger partial charge in [0.25, 0.3) is 5.69 Å². The van der Waals surface area contributed by atoms with Gasteiger partial charge in [-0.2, -0.15) is 0 Å². The Bertz CT molecular complexity index is 819. The molecule has 8 heteroatoms. The van der Waals surface area contributed by atoms with Crippen LogP contribution in [0.4, 0.5) is 5.69 Å². The van der Waals surface area contributed by atoms with E-state index in [1.54, 1.807) is 0 Å². The molecule has 0 aliphatic carbocycles. The van der Waals surface area contributed by atoms with Crippen molar-refractivity contribution in [2.24, 2.45) is 0 Å². The molecule has 0 saturated heterocycles. The third-order valence-electron chi connectivity index (χ3n) is 3.46. The number of hydrogen-bond donors (Lipinski definition) is 1. The Morgan fingerprint density at radius 1 is 1.16 bits per heavy atom. The molecule has 25 heavy (non-hydrogen) atoms. The molecule has 0 radical (unpaired) electrons. The molecule has 2 rings (SSSR count). The molecule has 0 heterocycles. The van der Waals surface area contributed by atoms with Gasteiger partial charge in [0.2, 0.25) is 10.0 Å². The summed E-state index contributed by atoms with van der Waals surface area (Å²) in [5, 5.41) is 10.7. The van der Waals surface area contributed by atoms with Crippen molar-refractivity contribution < 1.29 is 18.1 Å². The van der Waals surface area contributed by atoms with E-state index < -0.39 is 14.9 Å². The number of nitro benzene ring substituents is 1. The van der Waals surface area contributed by atoms with E-state index in [1.807, 2.05) is 24.3 Å². The van der Waals surface area contributed by atoms with Gasteiger partial charge in [0.05, 0.1) is 9.82 Å². The van der Waals surface area contributed by atoms with E-state index in [0.717, 1.165) is 18.9 Å². The van der Waals surface area contributed by atoms with Crippen LogP contribution < -0.4 is 9.46 Å². The second kappa shape index (κ2) is 8.59. The van der Waals surface area contributed by atoms with Crippen molar-refractivity contribution in [2.45, 2.75) is 24.7 Å². The molecule has 1 N–H and O–H groups in total. The Kier molecular flexibility index (Phi) is 6.49. The molecular weight excluding hydrogens is 344 g/mol. The van der Waals surface area contributed by atoms with Crippen LogP contribution in [0.25, 0.3) is 0 Å². The highest BCUT2D eigenvalue weighted by molar-refractivity contribution is 7.89. The van der Waals surface area contributed by atoms with Crippen LogP contribution in [0.5, 0.6) is 5.75 Å². The lowest BCUT2D eigenvalue weighted by Gasteiger charge is -2.09. The fourth-order valence-corrected chi connectivity index (χ4v) is 3.29. The van der Waals surface area contributed by atoms with Crippen LogP contribution in [0.15, 0.2) is 53.4 Å². The molecule has 0 aliphatic heterocycles. The van der Waals surface area contributed by atoms with E-state index in [2.05, 4.69) is 11.6 Å². The Hall–Kier alpha value is -2.45. The number of sulfonamides is 1. The van der Waals surface area contributed by atoms with E-state index in [9.17, 15) is 18.5 Å². The molecule has 0 spiro atoms. The molecule has 0 bridgehead atoms. The lowest BCUT2D eigenvalue weighted by molar-refractivity contribution is -0.385. The molecule has 0 atom stereocenters. The van der Waals surface area contributed by atoms with Crippen LogP contribution >= 0.6 is 0 Å². The van der Waals surface area contributed by atoms with Crippen LogP contribution in [0.1, 0.15) is 18.9 Å². The van der Waals surface area contributed by atoms with Gasteiger partial charge < -0.3 is 4.74 Å². The molecule has 0 amide bonds. The van der Waals surface area contributed by atoms with E-state index >= 15 is 0 Å². The highest BCUT2D eigenvalue weighted by Gasteiger charge is 2.17. The van der Waals surface area contributed by atoms with Crippen LogP contribution in [-0.2, 0) is 16.4 Å². The van der Waals surface area contributed by atoms with Crippen molar-refractivity contribution >= 4 is 15.7 Å².